The Hall–Kier alpha value is -0.610. The van der Waals surface area contributed by atoms with Gasteiger partial charge in [0.15, 0.2) is 0 Å². The van der Waals surface area contributed by atoms with Gasteiger partial charge < -0.3 is 10.8 Å². The van der Waals surface area contributed by atoms with Crippen molar-refractivity contribution in [2.45, 2.75) is 0 Å². The van der Waals surface area contributed by atoms with Crippen LogP contribution in [0.2, 0.25) is 0 Å². The molecule has 0 unspecified atom stereocenters. The maximum atomic E-state index is 10.0. The van der Waals surface area contributed by atoms with Crippen molar-refractivity contribution >= 4 is 5.91 Å². The van der Waals surface area contributed by atoms with E-state index in [1.54, 1.807) is 7.05 Å². The summed E-state index contributed by atoms with van der Waals surface area (Å²) in [5.41, 5.74) is 4.78. The third-order valence-corrected chi connectivity index (χ3v) is 0.667. The summed E-state index contributed by atoms with van der Waals surface area (Å²) < 4.78 is 0. The SMILES string of the molecule is CN(CO)CC(N)=O. The van der Waals surface area contributed by atoms with Crippen LogP contribution >= 0.6 is 0 Å². The van der Waals surface area contributed by atoms with Gasteiger partial charge in [-0.15, -0.1) is 0 Å². The Morgan fingerprint density at radius 1 is 1.88 bits per heavy atom. The molecule has 4 nitrogen and oxygen atoms in total. The lowest BCUT2D eigenvalue weighted by atomic mass is 10.6. The Balaban J connectivity index is 3.24. The second-order valence-corrected chi connectivity index (χ2v) is 1.62. The highest BCUT2D eigenvalue weighted by Gasteiger charge is 1.97. The van der Waals surface area contributed by atoms with E-state index in [1.165, 1.54) is 4.90 Å². The van der Waals surface area contributed by atoms with Crippen LogP contribution in [0.1, 0.15) is 0 Å². The van der Waals surface area contributed by atoms with Crippen molar-refractivity contribution in [3.63, 3.8) is 0 Å². The summed E-state index contributed by atoms with van der Waals surface area (Å²) in [6.07, 6.45) is 0. The molecule has 0 aliphatic heterocycles. The molecule has 0 rings (SSSR count). The van der Waals surface area contributed by atoms with Crippen LogP contribution in [-0.4, -0.2) is 36.2 Å². The van der Waals surface area contributed by atoms with E-state index in [0.717, 1.165) is 0 Å². The van der Waals surface area contributed by atoms with E-state index in [1.807, 2.05) is 0 Å². The van der Waals surface area contributed by atoms with Crippen LogP contribution in [0.15, 0.2) is 0 Å². The highest BCUT2D eigenvalue weighted by atomic mass is 16.3. The topological polar surface area (TPSA) is 66.6 Å². The van der Waals surface area contributed by atoms with Gasteiger partial charge in [0.1, 0.15) is 0 Å². The van der Waals surface area contributed by atoms with Gasteiger partial charge in [-0.05, 0) is 7.05 Å². The fourth-order valence-electron chi connectivity index (χ4n) is 0.316. The molecule has 1 amide bonds. The van der Waals surface area contributed by atoms with Crippen molar-refractivity contribution in [2.75, 3.05) is 20.3 Å². The largest absolute Gasteiger partial charge is 0.381 e. The number of nitrogens with zero attached hydrogens (tertiary/aromatic N) is 1. The van der Waals surface area contributed by atoms with E-state index >= 15 is 0 Å². The number of aliphatic hydroxyl groups is 1. The molecule has 0 radical (unpaired) electrons. The number of nitrogens with two attached hydrogens (primary N) is 1. The molecule has 0 saturated heterocycles. The van der Waals surface area contributed by atoms with Crippen molar-refractivity contribution in [3.05, 3.63) is 0 Å². The smallest absolute Gasteiger partial charge is 0.231 e. The van der Waals surface area contributed by atoms with Gasteiger partial charge in [0, 0.05) is 0 Å². The summed E-state index contributed by atoms with van der Waals surface area (Å²) in [6.45, 7) is -0.0283. The number of likely N-dealkylation sites (N-methyl/N-ethyl adjacent to an activating group) is 1. The van der Waals surface area contributed by atoms with Crippen LogP contribution in [0.3, 0.4) is 0 Å². The standard InChI is InChI=1S/C4H10N2O2/c1-6(3-7)2-4(5)8/h7H,2-3H2,1H3,(H2,5,8). The molecular formula is C4H10N2O2. The lowest BCUT2D eigenvalue weighted by Crippen LogP contribution is -2.31. The van der Waals surface area contributed by atoms with Gasteiger partial charge >= 0.3 is 0 Å². The predicted octanol–water partition coefficient (Wildman–Crippen LogP) is -1.65. The minimum absolute atomic E-state index is 0.108. The van der Waals surface area contributed by atoms with E-state index in [4.69, 9.17) is 10.8 Å². The maximum absolute atomic E-state index is 10.0. The fraction of sp³-hybridized carbons (Fsp3) is 0.750. The molecule has 8 heavy (non-hydrogen) atoms. The van der Waals surface area contributed by atoms with E-state index in [0.29, 0.717) is 0 Å². The molecule has 48 valence electrons. The number of aliphatic hydroxyl groups excluding tert-OH is 1. The summed E-state index contributed by atoms with van der Waals surface area (Å²) in [4.78, 5) is 11.4. The predicted molar refractivity (Wildman–Crippen MR) is 28.9 cm³/mol. The molecule has 0 aromatic heterocycles. The van der Waals surface area contributed by atoms with Crippen LogP contribution < -0.4 is 5.73 Å². The van der Waals surface area contributed by atoms with Crippen molar-refractivity contribution < 1.29 is 9.90 Å². The molecule has 0 fully saturated rings. The summed E-state index contributed by atoms with van der Waals surface area (Å²) in [5.74, 6) is -0.429. The average Bonchev–Trinajstić information content (AvgIpc) is 1.65. The first-order valence-corrected chi connectivity index (χ1v) is 2.24. The van der Waals surface area contributed by atoms with Crippen molar-refractivity contribution in [1.82, 2.24) is 4.90 Å². The van der Waals surface area contributed by atoms with Crippen LogP contribution in [0.5, 0.6) is 0 Å². The van der Waals surface area contributed by atoms with Gasteiger partial charge in [0.2, 0.25) is 5.91 Å². The number of carbonyl (C=O) groups is 1. The summed E-state index contributed by atoms with van der Waals surface area (Å²) in [5, 5.41) is 8.30. The van der Waals surface area contributed by atoms with Gasteiger partial charge in [-0.2, -0.15) is 0 Å². The Morgan fingerprint density at radius 2 is 2.38 bits per heavy atom. The monoisotopic (exact) mass is 118 g/mol. The molecule has 0 aromatic rings. The van der Waals surface area contributed by atoms with Crippen LogP contribution in [0.4, 0.5) is 0 Å². The summed E-state index contributed by atoms with van der Waals surface area (Å²) in [7, 11) is 1.60. The summed E-state index contributed by atoms with van der Waals surface area (Å²) in [6, 6.07) is 0. The number of amides is 1. The van der Waals surface area contributed by atoms with Crippen LogP contribution in [0.25, 0.3) is 0 Å². The van der Waals surface area contributed by atoms with Gasteiger partial charge in [0.05, 0.1) is 13.3 Å². The highest BCUT2D eigenvalue weighted by Crippen LogP contribution is 1.73. The molecule has 3 N–H and O–H groups in total. The molecule has 0 aliphatic carbocycles. The molecule has 0 aliphatic rings. The van der Waals surface area contributed by atoms with E-state index < -0.39 is 5.91 Å². The second-order valence-electron chi connectivity index (χ2n) is 1.62. The number of hydrogen-bond acceptors (Lipinski definition) is 3. The Bertz CT molecular complexity index is 84.1. The zero-order valence-corrected chi connectivity index (χ0v) is 4.79. The van der Waals surface area contributed by atoms with Crippen LogP contribution in [-0.2, 0) is 4.79 Å². The van der Waals surface area contributed by atoms with Gasteiger partial charge in [-0.25, -0.2) is 0 Å². The van der Waals surface area contributed by atoms with Crippen molar-refractivity contribution in [1.29, 1.82) is 0 Å². The van der Waals surface area contributed by atoms with Gasteiger partial charge in [-0.3, -0.25) is 9.69 Å². The normalized spacial score (nSPS) is 9.88. The molecule has 0 heterocycles. The molecule has 4 heteroatoms. The quantitative estimate of drug-likeness (QED) is 0.436. The first-order chi connectivity index (χ1) is 3.66. The Kier molecular flexibility index (Phi) is 3.14. The molecule has 0 spiro atoms. The number of rotatable bonds is 3. The number of hydrogen-bond donors (Lipinski definition) is 2. The number of primary amides is 1. The highest BCUT2D eigenvalue weighted by molar-refractivity contribution is 5.75. The van der Waals surface area contributed by atoms with Crippen molar-refractivity contribution in [3.8, 4) is 0 Å². The van der Waals surface area contributed by atoms with Gasteiger partial charge in [-0.1, -0.05) is 0 Å². The summed E-state index contributed by atoms with van der Waals surface area (Å²) >= 11 is 0. The molecule has 0 aromatic carbocycles. The van der Waals surface area contributed by atoms with E-state index in [9.17, 15) is 4.79 Å². The van der Waals surface area contributed by atoms with E-state index in [2.05, 4.69) is 0 Å². The third-order valence-electron chi connectivity index (χ3n) is 0.667. The Labute approximate surface area is 47.9 Å². The molecular weight excluding hydrogens is 108 g/mol. The Morgan fingerprint density at radius 3 is 2.50 bits per heavy atom. The molecule has 0 bridgehead atoms. The third kappa shape index (κ3) is 3.58. The average molecular weight is 118 g/mol. The fourth-order valence-corrected chi connectivity index (χ4v) is 0.316. The minimum Gasteiger partial charge on any atom is -0.381 e. The minimum atomic E-state index is -0.429. The first-order valence-electron chi connectivity index (χ1n) is 2.24. The van der Waals surface area contributed by atoms with E-state index in [-0.39, 0.29) is 13.3 Å². The first kappa shape index (κ1) is 7.39. The van der Waals surface area contributed by atoms with Crippen molar-refractivity contribution in [2.24, 2.45) is 5.73 Å². The molecule has 0 atom stereocenters. The second kappa shape index (κ2) is 3.40. The molecule has 0 saturated carbocycles. The number of carbonyl (C=O) groups excluding carboxylic acids is 1. The lowest BCUT2D eigenvalue weighted by Gasteiger charge is -2.07. The maximum Gasteiger partial charge on any atom is 0.231 e. The lowest BCUT2D eigenvalue weighted by molar-refractivity contribution is -0.119. The van der Waals surface area contributed by atoms with Crippen LogP contribution in [0, 0.1) is 0 Å². The van der Waals surface area contributed by atoms with Gasteiger partial charge in [0.25, 0.3) is 0 Å². The zero-order valence-electron chi connectivity index (χ0n) is 4.79. The zero-order chi connectivity index (χ0) is 6.57.